The molecule has 0 spiro atoms. The van der Waals surface area contributed by atoms with Gasteiger partial charge in [0.05, 0.1) is 21.3 Å². The van der Waals surface area contributed by atoms with Crippen LogP contribution in [-0.2, 0) is 9.59 Å². The molecule has 0 radical (unpaired) electrons. The lowest BCUT2D eigenvalue weighted by Crippen LogP contribution is -2.47. The molecule has 0 bridgehead atoms. The fourth-order valence-corrected chi connectivity index (χ4v) is 2.05. The van der Waals surface area contributed by atoms with Crippen LogP contribution in [0.5, 0.6) is 17.2 Å². The first-order valence-corrected chi connectivity index (χ1v) is 8.13. The number of carbonyl (C=O) groups excluding carboxylic acids is 2. The summed E-state index contributed by atoms with van der Waals surface area (Å²) < 4.78 is 15.8. The van der Waals surface area contributed by atoms with Crippen molar-refractivity contribution in [1.29, 1.82) is 0 Å². The van der Waals surface area contributed by atoms with Crippen LogP contribution in [0.3, 0.4) is 0 Å². The van der Waals surface area contributed by atoms with Gasteiger partial charge in [-0.15, -0.1) is 0 Å². The Morgan fingerprint density at radius 1 is 1.04 bits per heavy atom. The average molecular weight is 352 g/mol. The van der Waals surface area contributed by atoms with Crippen LogP contribution in [0.25, 0.3) is 0 Å². The Morgan fingerprint density at radius 3 is 1.96 bits per heavy atom. The fourth-order valence-electron chi connectivity index (χ4n) is 2.05. The smallest absolute Gasteiger partial charge is 0.239 e. The lowest BCUT2D eigenvalue weighted by molar-refractivity contribution is -0.138. The molecule has 2 amide bonds. The number of rotatable bonds is 8. The molecule has 1 aromatic carbocycles. The molecule has 0 aromatic heterocycles. The van der Waals surface area contributed by atoms with Crippen LogP contribution in [0.1, 0.15) is 34.1 Å². The van der Waals surface area contributed by atoms with Crippen LogP contribution in [-0.4, -0.2) is 39.2 Å². The third-order valence-electron chi connectivity index (χ3n) is 4.05. The first kappa shape index (κ1) is 20.6. The SMILES string of the molecule is CCC(C)NC(=O)C(C)(C)C(=O)Nc1cc(OC)c(OC)c(OC)c1. The number of hydrogen-bond acceptors (Lipinski definition) is 5. The highest BCUT2D eigenvalue weighted by Crippen LogP contribution is 2.40. The number of hydrogen-bond donors (Lipinski definition) is 2. The lowest BCUT2D eigenvalue weighted by atomic mass is 9.90. The first-order valence-electron chi connectivity index (χ1n) is 8.13. The van der Waals surface area contributed by atoms with Crippen LogP contribution < -0.4 is 24.8 Å². The van der Waals surface area contributed by atoms with Crippen molar-refractivity contribution in [2.45, 2.75) is 40.2 Å². The molecule has 0 aliphatic rings. The summed E-state index contributed by atoms with van der Waals surface area (Å²) >= 11 is 0. The second-order valence-electron chi connectivity index (χ2n) is 6.28. The summed E-state index contributed by atoms with van der Waals surface area (Å²) in [5, 5.41) is 5.57. The van der Waals surface area contributed by atoms with Crippen LogP contribution >= 0.6 is 0 Å². The summed E-state index contributed by atoms with van der Waals surface area (Å²) in [6.45, 7) is 7.02. The Bertz CT molecular complexity index is 603. The van der Waals surface area contributed by atoms with Gasteiger partial charge < -0.3 is 24.8 Å². The van der Waals surface area contributed by atoms with E-state index in [0.29, 0.717) is 22.9 Å². The summed E-state index contributed by atoms with van der Waals surface area (Å²) in [5.74, 6) is 0.504. The van der Waals surface area contributed by atoms with E-state index >= 15 is 0 Å². The third kappa shape index (κ3) is 4.78. The van der Waals surface area contributed by atoms with Crippen molar-refractivity contribution in [3.05, 3.63) is 12.1 Å². The molecular weight excluding hydrogens is 324 g/mol. The zero-order chi connectivity index (χ0) is 19.2. The van der Waals surface area contributed by atoms with Gasteiger partial charge in [0.15, 0.2) is 11.5 Å². The summed E-state index contributed by atoms with van der Waals surface area (Å²) in [6, 6.07) is 3.23. The van der Waals surface area contributed by atoms with Gasteiger partial charge in [0.25, 0.3) is 0 Å². The van der Waals surface area contributed by atoms with Gasteiger partial charge in [-0.2, -0.15) is 0 Å². The number of ether oxygens (including phenoxy) is 3. The molecule has 25 heavy (non-hydrogen) atoms. The molecule has 0 saturated heterocycles. The molecule has 1 atom stereocenters. The second-order valence-corrected chi connectivity index (χ2v) is 6.28. The maximum absolute atomic E-state index is 12.6. The molecule has 0 saturated carbocycles. The Labute approximate surface area is 149 Å². The molecule has 1 aromatic rings. The topological polar surface area (TPSA) is 85.9 Å². The predicted molar refractivity (Wildman–Crippen MR) is 96.4 cm³/mol. The summed E-state index contributed by atoms with van der Waals surface area (Å²) in [6.07, 6.45) is 0.788. The highest BCUT2D eigenvalue weighted by molar-refractivity contribution is 6.10. The number of anilines is 1. The molecule has 140 valence electrons. The van der Waals surface area contributed by atoms with Crippen molar-refractivity contribution in [2.75, 3.05) is 26.6 Å². The number of amides is 2. The van der Waals surface area contributed by atoms with Crippen molar-refractivity contribution < 1.29 is 23.8 Å². The van der Waals surface area contributed by atoms with E-state index in [1.54, 1.807) is 26.0 Å². The van der Waals surface area contributed by atoms with Crippen molar-refractivity contribution in [3.63, 3.8) is 0 Å². The van der Waals surface area contributed by atoms with E-state index in [9.17, 15) is 9.59 Å². The minimum atomic E-state index is -1.23. The van der Waals surface area contributed by atoms with Gasteiger partial charge in [0, 0.05) is 23.9 Å². The van der Waals surface area contributed by atoms with E-state index in [2.05, 4.69) is 10.6 Å². The highest BCUT2D eigenvalue weighted by Gasteiger charge is 2.36. The molecule has 0 heterocycles. The largest absolute Gasteiger partial charge is 0.493 e. The van der Waals surface area contributed by atoms with Crippen molar-refractivity contribution in [2.24, 2.45) is 5.41 Å². The Kier molecular flexibility index (Phi) is 7.09. The fraction of sp³-hybridized carbons (Fsp3) is 0.556. The van der Waals surface area contributed by atoms with E-state index in [4.69, 9.17) is 14.2 Å². The zero-order valence-corrected chi connectivity index (χ0v) is 16.0. The average Bonchev–Trinajstić information content (AvgIpc) is 2.60. The van der Waals surface area contributed by atoms with Crippen molar-refractivity contribution in [3.8, 4) is 17.2 Å². The second kappa shape index (κ2) is 8.60. The van der Waals surface area contributed by atoms with Crippen LogP contribution in [0.15, 0.2) is 12.1 Å². The van der Waals surface area contributed by atoms with Gasteiger partial charge in [0.2, 0.25) is 17.6 Å². The van der Waals surface area contributed by atoms with E-state index < -0.39 is 11.3 Å². The summed E-state index contributed by atoms with van der Waals surface area (Å²) in [7, 11) is 4.49. The highest BCUT2D eigenvalue weighted by atomic mass is 16.5. The number of carbonyl (C=O) groups is 2. The Balaban J connectivity index is 3.04. The summed E-state index contributed by atoms with van der Waals surface area (Å²) in [4.78, 5) is 25.0. The molecule has 1 rings (SSSR count). The molecule has 1 unspecified atom stereocenters. The van der Waals surface area contributed by atoms with Gasteiger partial charge in [-0.1, -0.05) is 6.92 Å². The molecule has 2 N–H and O–H groups in total. The maximum Gasteiger partial charge on any atom is 0.239 e. The van der Waals surface area contributed by atoms with Crippen molar-refractivity contribution >= 4 is 17.5 Å². The number of methoxy groups -OCH3 is 3. The maximum atomic E-state index is 12.6. The standard InChI is InChI=1S/C18H28N2O5/c1-8-11(2)19-16(21)18(3,4)17(22)20-12-9-13(23-5)15(25-7)14(10-12)24-6/h9-11H,8H2,1-7H3,(H,19,21)(H,20,22). The molecular formula is C18H28N2O5. The third-order valence-corrected chi connectivity index (χ3v) is 4.05. The normalized spacial score (nSPS) is 12.1. The lowest BCUT2D eigenvalue weighted by Gasteiger charge is -2.25. The Morgan fingerprint density at radius 2 is 1.56 bits per heavy atom. The van der Waals surface area contributed by atoms with Crippen LogP contribution in [0.2, 0.25) is 0 Å². The van der Waals surface area contributed by atoms with Crippen molar-refractivity contribution in [1.82, 2.24) is 5.32 Å². The zero-order valence-electron chi connectivity index (χ0n) is 16.0. The van der Waals surface area contributed by atoms with E-state index in [0.717, 1.165) is 6.42 Å². The molecule has 7 nitrogen and oxygen atoms in total. The molecule has 0 aliphatic carbocycles. The van der Waals surface area contributed by atoms with Gasteiger partial charge in [-0.05, 0) is 27.2 Å². The van der Waals surface area contributed by atoms with E-state index in [-0.39, 0.29) is 11.9 Å². The van der Waals surface area contributed by atoms with Crippen LogP contribution in [0, 0.1) is 5.41 Å². The molecule has 7 heteroatoms. The molecule has 0 fully saturated rings. The monoisotopic (exact) mass is 352 g/mol. The van der Waals surface area contributed by atoms with Gasteiger partial charge in [-0.25, -0.2) is 0 Å². The predicted octanol–water partition coefficient (Wildman–Crippen LogP) is 2.59. The van der Waals surface area contributed by atoms with Gasteiger partial charge in [0.1, 0.15) is 5.41 Å². The first-order chi connectivity index (χ1) is 11.7. The van der Waals surface area contributed by atoms with E-state index in [1.807, 2.05) is 13.8 Å². The quantitative estimate of drug-likeness (QED) is 0.703. The summed E-state index contributed by atoms with van der Waals surface area (Å²) in [5.41, 5.74) is -0.784. The minimum absolute atomic E-state index is 0.000694. The number of benzene rings is 1. The van der Waals surface area contributed by atoms with Gasteiger partial charge >= 0.3 is 0 Å². The number of nitrogens with one attached hydrogen (secondary N) is 2. The van der Waals surface area contributed by atoms with Gasteiger partial charge in [-0.3, -0.25) is 9.59 Å². The minimum Gasteiger partial charge on any atom is -0.493 e. The van der Waals surface area contributed by atoms with Crippen LogP contribution in [0.4, 0.5) is 5.69 Å². The molecule has 0 aliphatic heterocycles. The van der Waals surface area contributed by atoms with E-state index in [1.165, 1.54) is 21.3 Å². The Hall–Kier alpha value is -2.44.